The van der Waals surface area contributed by atoms with E-state index in [9.17, 15) is 13.2 Å². The molecule has 2 aromatic rings. The number of aliphatic imine (C=N–C) groups is 1. The molecule has 1 aliphatic heterocycles. The molecule has 1 unspecified atom stereocenters. The van der Waals surface area contributed by atoms with Gasteiger partial charge in [0.05, 0.1) is 24.0 Å². The summed E-state index contributed by atoms with van der Waals surface area (Å²) in [7, 11) is 0. The minimum Gasteiger partial charge on any atom is -0.476 e. The third kappa shape index (κ3) is 4.79. The van der Waals surface area contributed by atoms with Crippen LogP contribution in [0.5, 0.6) is 5.88 Å². The number of nitrogens with two attached hydrogens (primary N) is 1. The molecular formula is C17H19F3N6O. The molecule has 3 rings (SSSR count). The molecule has 10 heteroatoms. The summed E-state index contributed by atoms with van der Waals surface area (Å²) in [5.41, 5.74) is 3.36. The van der Waals surface area contributed by atoms with Gasteiger partial charge in [-0.3, -0.25) is 0 Å². The molecule has 0 saturated heterocycles. The Bertz CT molecular complexity index is 825. The van der Waals surface area contributed by atoms with Crippen molar-refractivity contribution in [1.29, 1.82) is 0 Å². The number of hydrogen-bond acceptors (Lipinski definition) is 6. The van der Waals surface area contributed by atoms with Crippen LogP contribution in [0.2, 0.25) is 0 Å². The summed E-state index contributed by atoms with van der Waals surface area (Å²) in [4.78, 5) is 8.03. The molecule has 0 fully saturated rings. The SMILES string of the molecule is CC1(N)N=C(Nc2ccc(OCCn3cccc3)nc2)NC=C1C(F)(F)F. The van der Waals surface area contributed by atoms with Crippen molar-refractivity contribution in [2.24, 2.45) is 10.7 Å². The lowest BCUT2D eigenvalue weighted by atomic mass is 10.0. The normalized spacial score (nSPS) is 19.7. The standard InChI is InChI=1S/C17H19F3N6O/c1-16(21)13(17(18,19)20)11-23-15(25-16)24-12-4-5-14(22-10-12)27-9-8-26-6-2-3-7-26/h2-7,10-11H,8-9,21H2,1H3,(H2,23,24,25). The van der Waals surface area contributed by atoms with Crippen molar-refractivity contribution in [3.8, 4) is 5.88 Å². The molecular weight excluding hydrogens is 361 g/mol. The zero-order chi connectivity index (χ0) is 19.5. The molecule has 0 aromatic carbocycles. The third-order valence-corrected chi connectivity index (χ3v) is 3.81. The predicted molar refractivity (Wildman–Crippen MR) is 95.1 cm³/mol. The highest BCUT2D eigenvalue weighted by Gasteiger charge is 2.45. The molecule has 0 saturated carbocycles. The maximum Gasteiger partial charge on any atom is 0.417 e. The van der Waals surface area contributed by atoms with Crippen molar-refractivity contribution in [1.82, 2.24) is 14.9 Å². The van der Waals surface area contributed by atoms with Crippen LogP contribution in [0.4, 0.5) is 18.9 Å². The van der Waals surface area contributed by atoms with Gasteiger partial charge in [-0.2, -0.15) is 13.2 Å². The second-order valence-corrected chi connectivity index (χ2v) is 6.09. The number of ether oxygens (including phenoxy) is 1. The van der Waals surface area contributed by atoms with Crippen molar-refractivity contribution < 1.29 is 17.9 Å². The van der Waals surface area contributed by atoms with E-state index in [0.717, 1.165) is 6.20 Å². The molecule has 0 aliphatic carbocycles. The molecule has 0 radical (unpaired) electrons. The first-order chi connectivity index (χ1) is 12.7. The van der Waals surface area contributed by atoms with Crippen LogP contribution in [0.25, 0.3) is 0 Å². The quantitative estimate of drug-likeness (QED) is 0.742. The van der Waals surface area contributed by atoms with Crippen LogP contribution in [-0.2, 0) is 6.54 Å². The fraction of sp³-hybridized carbons (Fsp3) is 0.294. The number of aromatic nitrogens is 2. The molecule has 144 valence electrons. The summed E-state index contributed by atoms with van der Waals surface area (Å²) >= 11 is 0. The summed E-state index contributed by atoms with van der Waals surface area (Å²) in [6, 6.07) is 7.19. The summed E-state index contributed by atoms with van der Waals surface area (Å²) in [5, 5.41) is 5.30. The summed E-state index contributed by atoms with van der Waals surface area (Å²) in [6.45, 7) is 2.34. The van der Waals surface area contributed by atoms with E-state index in [1.165, 1.54) is 13.1 Å². The molecule has 3 heterocycles. The molecule has 4 N–H and O–H groups in total. The van der Waals surface area contributed by atoms with Crippen LogP contribution in [0.1, 0.15) is 6.92 Å². The highest BCUT2D eigenvalue weighted by Crippen LogP contribution is 2.34. The van der Waals surface area contributed by atoms with E-state index in [1.807, 2.05) is 29.1 Å². The van der Waals surface area contributed by atoms with Gasteiger partial charge in [-0.1, -0.05) is 0 Å². The molecule has 1 atom stereocenters. The highest BCUT2D eigenvalue weighted by atomic mass is 19.4. The van der Waals surface area contributed by atoms with Crippen molar-refractivity contribution >= 4 is 11.6 Å². The zero-order valence-corrected chi connectivity index (χ0v) is 14.5. The van der Waals surface area contributed by atoms with Gasteiger partial charge in [-0.15, -0.1) is 0 Å². The first-order valence-electron chi connectivity index (χ1n) is 8.14. The maximum atomic E-state index is 12.9. The number of rotatable bonds is 5. The number of alkyl halides is 3. The summed E-state index contributed by atoms with van der Waals surface area (Å²) in [6.07, 6.45) is 1.61. The largest absolute Gasteiger partial charge is 0.476 e. The number of pyridine rings is 1. The lowest BCUT2D eigenvalue weighted by Gasteiger charge is -2.30. The van der Waals surface area contributed by atoms with Crippen LogP contribution < -0.4 is 21.1 Å². The highest BCUT2D eigenvalue weighted by molar-refractivity contribution is 5.95. The van der Waals surface area contributed by atoms with Crippen molar-refractivity contribution in [2.45, 2.75) is 25.3 Å². The summed E-state index contributed by atoms with van der Waals surface area (Å²) < 4.78 is 46.3. The fourth-order valence-electron chi connectivity index (χ4n) is 2.50. The lowest BCUT2D eigenvalue weighted by Crippen LogP contribution is -2.49. The maximum absolute atomic E-state index is 12.9. The first-order valence-corrected chi connectivity index (χ1v) is 8.14. The van der Waals surface area contributed by atoms with Gasteiger partial charge in [0.2, 0.25) is 11.8 Å². The van der Waals surface area contributed by atoms with Crippen molar-refractivity contribution in [2.75, 3.05) is 11.9 Å². The molecule has 27 heavy (non-hydrogen) atoms. The summed E-state index contributed by atoms with van der Waals surface area (Å²) in [5.74, 6) is 0.533. The van der Waals surface area contributed by atoms with E-state index in [4.69, 9.17) is 10.5 Å². The average molecular weight is 380 g/mol. The minimum atomic E-state index is -4.56. The van der Waals surface area contributed by atoms with Crippen LogP contribution >= 0.6 is 0 Å². The predicted octanol–water partition coefficient (Wildman–Crippen LogP) is 2.45. The Kier molecular flexibility index (Phi) is 5.08. The van der Waals surface area contributed by atoms with E-state index in [0.29, 0.717) is 24.7 Å². The van der Waals surface area contributed by atoms with Gasteiger partial charge in [-0.25, -0.2) is 9.98 Å². The van der Waals surface area contributed by atoms with Gasteiger partial charge >= 0.3 is 6.18 Å². The third-order valence-electron chi connectivity index (χ3n) is 3.81. The van der Waals surface area contributed by atoms with Gasteiger partial charge in [0.1, 0.15) is 12.3 Å². The molecule has 2 aromatic heterocycles. The smallest absolute Gasteiger partial charge is 0.417 e. The molecule has 7 nitrogen and oxygen atoms in total. The van der Waals surface area contributed by atoms with E-state index in [-0.39, 0.29) is 5.96 Å². The number of anilines is 1. The first kappa shape index (κ1) is 18.8. The van der Waals surface area contributed by atoms with Crippen LogP contribution in [0, 0.1) is 0 Å². The number of hydrogen-bond donors (Lipinski definition) is 3. The topological polar surface area (TPSA) is 89.5 Å². The zero-order valence-electron chi connectivity index (χ0n) is 14.5. The Labute approximate surface area is 153 Å². The van der Waals surface area contributed by atoms with Crippen LogP contribution in [0.15, 0.2) is 59.6 Å². The Hall–Kier alpha value is -3.01. The Morgan fingerprint density at radius 1 is 1.30 bits per heavy atom. The van der Waals surface area contributed by atoms with E-state index in [2.05, 4.69) is 20.6 Å². The van der Waals surface area contributed by atoms with E-state index < -0.39 is 17.4 Å². The van der Waals surface area contributed by atoms with Crippen molar-refractivity contribution in [3.05, 3.63) is 54.6 Å². The van der Waals surface area contributed by atoms with Gasteiger partial charge in [0.25, 0.3) is 0 Å². The minimum absolute atomic E-state index is 0.0936. The number of halogens is 3. The van der Waals surface area contributed by atoms with Gasteiger partial charge in [0, 0.05) is 24.7 Å². The molecule has 0 bridgehead atoms. The van der Waals surface area contributed by atoms with Gasteiger partial charge in [-0.05, 0) is 25.1 Å². The van der Waals surface area contributed by atoms with Gasteiger partial charge in [0.15, 0.2) is 0 Å². The molecule has 1 aliphatic rings. The second kappa shape index (κ2) is 7.31. The number of guanidine groups is 1. The van der Waals surface area contributed by atoms with Crippen molar-refractivity contribution in [3.63, 3.8) is 0 Å². The number of nitrogens with zero attached hydrogens (tertiary/aromatic N) is 3. The fourth-order valence-corrected chi connectivity index (χ4v) is 2.50. The Balaban J connectivity index is 1.56. The lowest BCUT2D eigenvalue weighted by molar-refractivity contribution is -0.100. The molecule has 0 amide bonds. The van der Waals surface area contributed by atoms with Crippen LogP contribution in [-0.4, -0.2) is 34.0 Å². The van der Waals surface area contributed by atoms with Crippen LogP contribution in [0.3, 0.4) is 0 Å². The monoisotopic (exact) mass is 380 g/mol. The average Bonchev–Trinajstić information content (AvgIpc) is 3.08. The number of nitrogens with one attached hydrogen (secondary N) is 2. The van der Waals surface area contributed by atoms with E-state index in [1.54, 1.807) is 12.1 Å². The van der Waals surface area contributed by atoms with Gasteiger partial charge < -0.3 is 25.7 Å². The molecule has 0 spiro atoms. The van der Waals surface area contributed by atoms with E-state index >= 15 is 0 Å². The second-order valence-electron chi connectivity index (χ2n) is 6.09. The Morgan fingerprint density at radius 3 is 2.63 bits per heavy atom. The Morgan fingerprint density at radius 2 is 2.04 bits per heavy atom.